The molecule has 0 fully saturated rings. The van der Waals surface area contributed by atoms with E-state index in [1.54, 1.807) is 13.0 Å². The Balaban J connectivity index is 1.85. The van der Waals surface area contributed by atoms with E-state index in [1.165, 1.54) is 6.07 Å². The van der Waals surface area contributed by atoms with Crippen molar-refractivity contribution in [2.24, 2.45) is 0 Å². The molecule has 0 aliphatic heterocycles. The molecule has 0 saturated carbocycles. The fraction of sp³-hybridized carbons (Fsp3) is 0.188. The van der Waals surface area contributed by atoms with Gasteiger partial charge in [0.25, 0.3) is 0 Å². The third kappa shape index (κ3) is 4.56. The van der Waals surface area contributed by atoms with Crippen LogP contribution < -0.4 is 10.6 Å². The van der Waals surface area contributed by atoms with Gasteiger partial charge < -0.3 is 10.6 Å². The molecule has 0 aromatic heterocycles. The van der Waals surface area contributed by atoms with Crippen LogP contribution in [-0.4, -0.2) is 12.5 Å². The molecule has 2 rings (SSSR count). The van der Waals surface area contributed by atoms with Crippen molar-refractivity contribution < 1.29 is 9.18 Å². The van der Waals surface area contributed by atoms with E-state index < -0.39 is 0 Å². The number of carbonyl (C=O) groups is 1. The number of carbonyl (C=O) groups excluding carboxylic acids is 1. The highest BCUT2D eigenvalue weighted by molar-refractivity contribution is 9.10. The van der Waals surface area contributed by atoms with E-state index in [0.717, 1.165) is 16.8 Å². The van der Waals surface area contributed by atoms with Gasteiger partial charge in [-0.3, -0.25) is 4.79 Å². The average molecular weight is 351 g/mol. The summed E-state index contributed by atoms with van der Waals surface area (Å²) in [6.45, 7) is 2.43. The topological polar surface area (TPSA) is 41.1 Å². The van der Waals surface area contributed by atoms with Crippen LogP contribution in [-0.2, 0) is 11.3 Å². The molecule has 5 heteroatoms. The van der Waals surface area contributed by atoms with Crippen LogP contribution in [0.4, 0.5) is 10.1 Å². The van der Waals surface area contributed by atoms with E-state index in [4.69, 9.17) is 0 Å². The van der Waals surface area contributed by atoms with Gasteiger partial charge in [0, 0.05) is 12.2 Å². The minimum absolute atomic E-state index is 0.112. The summed E-state index contributed by atoms with van der Waals surface area (Å²) in [5, 5.41) is 5.84. The summed E-state index contributed by atoms with van der Waals surface area (Å²) in [7, 11) is 0. The second-order valence-electron chi connectivity index (χ2n) is 4.70. The summed E-state index contributed by atoms with van der Waals surface area (Å²) < 4.78 is 13.7. The molecule has 0 aliphatic carbocycles. The Kier molecular flexibility index (Phi) is 5.33. The molecule has 0 heterocycles. The molecule has 3 nitrogen and oxygen atoms in total. The molecule has 0 atom stereocenters. The van der Waals surface area contributed by atoms with E-state index in [1.807, 2.05) is 30.3 Å². The molecular formula is C16H16BrFN2O. The summed E-state index contributed by atoms with van der Waals surface area (Å²) in [6.07, 6.45) is 0. The summed E-state index contributed by atoms with van der Waals surface area (Å²) in [4.78, 5) is 11.8. The maximum atomic E-state index is 13.3. The number of hydrogen-bond acceptors (Lipinski definition) is 2. The Labute approximate surface area is 131 Å². The molecule has 110 valence electrons. The van der Waals surface area contributed by atoms with E-state index in [-0.39, 0.29) is 18.3 Å². The van der Waals surface area contributed by atoms with E-state index in [2.05, 4.69) is 26.6 Å². The van der Waals surface area contributed by atoms with E-state index in [0.29, 0.717) is 11.0 Å². The first-order valence-electron chi connectivity index (χ1n) is 6.56. The lowest BCUT2D eigenvalue weighted by Crippen LogP contribution is -2.29. The van der Waals surface area contributed by atoms with Gasteiger partial charge in [-0.15, -0.1) is 0 Å². The lowest BCUT2D eigenvalue weighted by Gasteiger charge is -2.11. The zero-order chi connectivity index (χ0) is 15.2. The summed E-state index contributed by atoms with van der Waals surface area (Å²) in [5.74, 6) is -0.426. The van der Waals surface area contributed by atoms with Gasteiger partial charge in [0.15, 0.2) is 0 Å². The maximum absolute atomic E-state index is 13.3. The summed E-state index contributed by atoms with van der Waals surface area (Å²) in [6, 6.07) is 12.8. The van der Waals surface area contributed by atoms with Gasteiger partial charge in [-0.2, -0.15) is 0 Å². The first kappa shape index (κ1) is 15.5. The van der Waals surface area contributed by atoms with Crippen molar-refractivity contribution in [2.75, 3.05) is 11.9 Å². The number of amides is 1. The molecule has 2 N–H and O–H groups in total. The van der Waals surface area contributed by atoms with Crippen molar-refractivity contribution in [1.29, 1.82) is 0 Å². The lowest BCUT2D eigenvalue weighted by atomic mass is 10.2. The highest BCUT2D eigenvalue weighted by Crippen LogP contribution is 2.23. The van der Waals surface area contributed by atoms with Gasteiger partial charge >= 0.3 is 0 Å². The molecule has 0 spiro atoms. The number of rotatable bonds is 5. The van der Waals surface area contributed by atoms with Gasteiger partial charge in [-0.1, -0.05) is 30.3 Å². The number of aryl methyl sites for hydroxylation is 1. The van der Waals surface area contributed by atoms with Gasteiger partial charge in [0.2, 0.25) is 5.91 Å². The zero-order valence-corrected chi connectivity index (χ0v) is 13.2. The largest absolute Gasteiger partial charge is 0.376 e. The number of hydrogen-bond donors (Lipinski definition) is 2. The maximum Gasteiger partial charge on any atom is 0.239 e. The number of benzene rings is 2. The lowest BCUT2D eigenvalue weighted by molar-refractivity contribution is -0.119. The fourth-order valence-corrected chi connectivity index (χ4v) is 2.21. The van der Waals surface area contributed by atoms with Gasteiger partial charge in [0.1, 0.15) is 5.82 Å². The minimum atomic E-state index is -0.313. The van der Waals surface area contributed by atoms with E-state index >= 15 is 0 Å². The number of halogens is 2. The van der Waals surface area contributed by atoms with Crippen molar-refractivity contribution >= 4 is 27.5 Å². The molecule has 0 aliphatic rings. The third-order valence-electron chi connectivity index (χ3n) is 3.04. The van der Waals surface area contributed by atoms with Crippen LogP contribution in [0.2, 0.25) is 0 Å². The van der Waals surface area contributed by atoms with E-state index in [9.17, 15) is 9.18 Å². The fourth-order valence-electron chi connectivity index (χ4n) is 1.87. The van der Waals surface area contributed by atoms with Crippen molar-refractivity contribution in [3.8, 4) is 0 Å². The van der Waals surface area contributed by atoms with Gasteiger partial charge in [0.05, 0.1) is 11.0 Å². The van der Waals surface area contributed by atoms with Crippen LogP contribution in [0, 0.1) is 12.7 Å². The monoisotopic (exact) mass is 350 g/mol. The zero-order valence-electron chi connectivity index (χ0n) is 11.6. The smallest absolute Gasteiger partial charge is 0.239 e. The number of anilines is 1. The third-order valence-corrected chi connectivity index (χ3v) is 3.65. The molecule has 0 unspecified atom stereocenters. The van der Waals surface area contributed by atoms with Gasteiger partial charge in [-0.25, -0.2) is 4.39 Å². The molecule has 21 heavy (non-hydrogen) atoms. The normalized spacial score (nSPS) is 10.2. The SMILES string of the molecule is Cc1cc(F)c(Br)cc1NCC(=O)NCc1ccccc1. The summed E-state index contributed by atoms with van der Waals surface area (Å²) >= 11 is 3.13. The van der Waals surface area contributed by atoms with Crippen molar-refractivity contribution in [3.63, 3.8) is 0 Å². The predicted molar refractivity (Wildman–Crippen MR) is 85.6 cm³/mol. The molecule has 2 aromatic carbocycles. The molecule has 2 aromatic rings. The Bertz CT molecular complexity index is 632. The van der Waals surface area contributed by atoms with Crippen molar-refractivity contribution in [1.82, 2.24) is 5.32 Å². The van der Waals surface area contributed by atoms with Crippen molar-refractivity contribution in [3.05, 3.63) is 63.9 Å². The van der Waals surface area contributed by atoms with Crippen LogP contribution in [0.1, 0.15) is 11.1 Å². The first-order chi connectivity index (χ1) is 10.1. The van der Waals surface area contributed by atoms with Gasteiger partial charge in [-0.05, 0) is 46.1 Å². The van der Waals surface area contributed by atoms with Crippen LogP contribution in [0.15, 0.2) is 46.9 Å². The van der Waals surface area contributed by atoms with Crippen LogP contribution in [0.25, 0.3) is 0 Å². The Hall–Kier alpha value is -1.88. The standard InChI is InChI=1S/C16H16BrFN2O/c1-11-7-14(18)13(17)8-15(11)19-10-16(21)20-9-12-5-3-2-4-6-12/h2-8,19H,9-10H2,1H3,(H,20,21). The molecular weight excluding hydrogens is 335 g/mol. The quantitative estimate of drug-likeness (QED) is 0.864. The average Bonchev–Trinajstić information content (AvgIpc) is 2.48. The van der Waals surface area contributed by atoms with Crippen molar-refractivity contribution in [2.45, 2.75) is 13.5 Å². The number of nitrogens with one attached hydrogen (secondary N) is 2. The Morgan fingerprint density at radius 1 is 1.24 bits per heavy atom. The Morgan fingerprint density at radius 3 is 2.67 bits per heavy atom. The second kappa shape index (κ2) is 7.22. The Morgan fingerprint density at radius 2 is 1.95 bits per heavy atom. The highest BCUT2D eigenvalue weighted by atomic mass is 79.9. The molecule has 0 bridgehead atoms. The molecule has 0 radical (unpaired) electrons. The molecule has 0 saturated heterocycles. The highest BCUT2D eigenvalue weighted by Gasteiger charge is 2.07. The molecule has 1 amide bonds. The predicted octanol–water partition coefficient (Wildman–Crippen LogP) is 3.62. The van der Waals surface area contributed by atoms with Crippen LogP contribution >= 0.6 is 15.9 Å². The first-order valence-corrected chi connectivity index (χ1v) is 7.35. The van der Waals surface area contributed by atoms with Crippen LogP contribution in [0.5, 0.6) is 0 Å². The summed E-state index contributed by atoms with van der Waals surface area (Å²) in [5.41, 5.74) is 2.54. The second-order valence-corrected chi connectivity index (χ2v) is 5.55. The van der Waals surface area contributed by atoms with Crippen LogP contribution in [0.3, 0.4) is 0 Å². The minimum Gasteiger partial charge on any atom is -0.376 e.